The van der Waals surface area contributed by atoms with Crippen molar-refractivity contribution in [2.24, 2.45) is 0 Å². The summed E-state index contributed by atoms with van der Waals surface area (Å²) in [7, 11) is 1.51. The van der Waals surface area contributed by atoms with E-state index in [1.54, 1.807) is 17.8 Å². The van der Waals surface area contributed by atoms with Gasteiger partial charge in [0.05, 0.1) is 20.2 Å². The van der Waals surface area contributed by atoms with Crippen molar-refractivity contribution in [3.8, 4) is 6.01 Å². The van der Waals surface area contributed by atoms with Crippen LogP contribution in [0.4, 0.5) is 0 Å². The van der Waals surface area contributed by atoms with Gasteiger partial charge in [-0.15, -0.1) is 0 Å². The number of hydrogen-bond acceptors (Lipinski definition) is 4. The van der Waals surface area contributed by atoms with E-state index in [4.69, 9.17) is 4.74 Å². The minimum Gasteiger partial charge on any atom is -0.468 e. The first-order valence-electron chi connectivity index (χ1n) is 5.30. The quantitative estimate of drug-likeness (QED) is 0.771. The summed E-state index contributed by atoms with van der Waals surface area (Å²) in [5.74, 6) is 0. The van der Waals surface area contributed by atoms with E-state index in [0.717, 1.165) is 0 Å². The van der Waals surface area contributed by atoms with Crippen LogP contribution < -0.4 is 10.3 Å². The Morgan fingerprint density at radius 1 is 1.41 bits per heavy atom. The van der Waals surface area contributed by atoms with Crippen LogP contribution in [0.3, 0.4) is 0 Å². The number of nitrogens with zero attached hydrogens (tertiary/aromatic N) is 4. The lowest BCUT2D eigenvalue weighted by Crippen LogP contribution is -2.24. The summed E-state index contributed by atoms with van der Waals surface area (Å²) in [4.78, 5) is 16.0. The topological polar surface area (TPSA) is 61.9 Å². The standard InChI is InChI=1S/C11H14N4O2/c1-9-8-10(16)15(11(13-9)17-2)7-6-14-5-3-4-12-14/h3-5,8H,6-7H2,1-2H3. The van der Waals surface area contributed by atoms with Crippen LogP contribution in [0.15, 0.2) is 29.3 Å². The maximum atomic E-state index is 11.8. The molecule has 6 heteroatoms. The number of aromatic nitrogens is 4. The SMILES string of the molecule is COc1nc(C)cc(=O)n1CCn1cccn1. The molecule has 17 heavy (non-hydrogen) atoms. The summed E-state index contributed by atoms with van der Waals surface area (Å²) in [5, 5.41) is 4.07. The predicted octanol–water partition coefficient (Wildman–Crippen LogP) is 0.457. The van der Waals surface area contributed by atoms with E-state index in [1.165, 1.54) is 17.7 Å². The van der Waals surface area contributed by atoms with Crippen molar-refractivity contribution >= 4 is 0 Å². The highest BCUT2D eigenvalue weighted by Gasteiger charge is 2.07. The lowest BCUT2D eigenvalue weighted by Gasteiger charge is -2.10. The fraction of sp³-hybridized carbons (Fsp3) is 0.364. The van der Waals surface area contributed by atoms with E-state index in [-0.39, 0.29) is 5.56 Å². The molecule has 0 N–H and O–H groups in total. The molecule has 0 aromatic carbocycles. The van der Waals surface area contributed by atoms with E-state index < -0.39 is 0 Å². The number of rotatable bonds is 4. The summed E-state index contributed by atoms with van der Waals surface area (Å²) in [6.07, 6.45) is 3.55. The Morgan fingerprint density at radius 3 is 2.88 bits per heavy atom. The van der Waals surface area contributed by atoms with Crippen molar-refractivity contribution in [1.29, 1.82) is 0 Å². The van der Waals surface area contributed by atoms with Gasteiger partial charge in [0, 0.05) is 24.2 Å². The molecule has 0 aliphatic heterocycles. The second-order valence-electron chi connectivity index (χ2n) is 3.64. The van der Waals surface area contributed by atoms with Crippen LogP contribution in [-0.4, -0.2) is 26.4 Å². The van der Waals surface area contributed by atoms with Crippen LogP contribution in [0, 0.1) is 6.92 Å². The summed E-state index contributed by atoms with van der Waals surface area (Å²) in [6, 6.07) is 3.67. The minimum absolute atomic E-state index is 0.110. The zero-order chi connectivity index (χ0) is 12.3. The van der Waals surface area contributed by atoms with Crippen LogP contribution in [0.25, 0.3) is 0 Å². The normalized spacial score (nSPS) is 10.5. The minimum atomic E-state index is -0.110. The Kier molecular flexibility index (Phi) is 3.22. The van der Waals surface area contributed by atoms with Gasteiger partial charge in [-0.25, -0.2) is 4.98 Å². The molecule has 2 rings (SSSR count). The molecule has 6 nitrogen and oxygen atoms in total. The molecule has 0 atom stereocenters. The Hall–Kier alpha value is -2.11. The van der Waals surface area contributed by atoms with Gasteiger partial charge < -0.3 is 4.74 Å². The van der Waals surface area contributed by atoms with Gasteiger partial charge >= 0.3 is 0 Å². The zero-order valence-electron chi connectivity index (χ0n) is 9.83. The molecule has 0 unspecified atom stereocenters. The van der Waals surface area contributed by atoms with Crippen LogP contribution in [0.2, 0.25) is 0 Å². The largest absolute Gasteiger partial charge is 0.468 e. The number of ether oxygens (including phenoxy) is 1. The lowest BCUT2D eigenvalue weighted by molar-refractivity contribution is 0.337. The van der Waals surface area contributed by atoms with Gasteiger partial charge in [0.1, 0.15) is 0 Å². The third-order valence-corrected chi connectivity index (χ3v) is 2.40. The summed E-state index contributed by atoms with van der Waals surface area (Å²) >= 11 is 0. The third-order valence-electron chi connectivity index (χ3n) is 2.40. The van der Waals surface area contributed by atoms with Gasteiger partial charge in [-0.3, -0.25) is 14.0 Å². The molecule has 0 fully saturated rings. The first-order valence-corrected chi connectivity index (χ1v) is 5.30. The van der Waals surface area contributed by atoms with E-state index in [9.17, 15) is 4.79 Å². The smallest absolute Gasteiger partial charge is 0.299 e. The summed E-state index contributed by atoms with van der Waals surface area (Å²) in [6.45, 7) is 2.85. The molecular formula is C11H14N4O2. The first-order chi connectivity index (χ1) is 8.20. The third kappa shape index (κ3) is 2.52. The molecule has 90 valence electrons. The molecule has 0 aliphatic rings. The summed E-state index contributed by atoms with van der Waals surface area (Å²) in [5.41, 5.74) is 0.545. The molecule has 0 radical (unpaired) electrons. The van der Waals surface area contributed by atoms with Crippen molar-refractivity contribution < 1.29 is 4.74 Å². The maximum Gasteiger partial charge on any atom is 0.299 e. The lowest BCUT2D eigenvalue weighted by atomic mass is 10.4. The van der Waals surface area contributed by atoms with Crippen LogP contribution >= 0.6 is 0 Å². The Morgan fingerprint density at radius 2 is 2.24 bits per heavy atom. The molecule has 2 aromatic rings. The zero-order valence-corrected chi connectivity index (χ0v) is 9.83. The maximum absolute atomic E-state index is 11.8. The predicted molar refractivity (Wildman–Crippen MR) is 62.0 cm³/mol. The van der Waals surface area contributed by atoms with Crippen molar-refractivity contribution in [3.05, 3.63) is 40.6 Å². The molecule has 0 bridgehead atoms. The van der Waals surface area contributed by atoms with E-state index >= 15 is 0 Å². The van der Waals surface area contributed by atoms with E-state index in [1.807, 2.05) is 12.3 Å². The Labute approximate surface area is 98.5 Å². The molecule has 0 spiro atoms. The molecular weight excluding hydrogens is 220 g/mol. The van der Waals surface area contributed by atoms with Crippen molar-refractivity contribution in [1.82, 2.24) is 19.3 Å². The number of methoxy groups -OCH3 is 1. The van der Waals surface area contributed by atoms with Gasteiger partial charge in [-0.1, -0.05) is 0 Å². The fourth-order valence-electron chi connectivity index (χ4n) is 1.59. The van der Waals surface area contributed by atoms with Crippen molar-refractivity contribution in [2.75, 3.05) is 7.11 Å². The molecule has 2 heterocycles. The second-order valence-corrected chi connectivity index (χ2v) is 3.64. The highest BCUT2D eigenvalue weighted by atomic mass is 16.5. The van der Waals surface area contributed by atoms with Crippen LogP contribution in [0.1, 0.15) is 5.69 Å². The average Bonchev–Trinajstić information content (AvgIpc) is 2.79. The van der Waals surface area contributed by atoms with Gasteiger partial charge in [0.25, 0.3) is 11.6 Å². The van der Waals surface area contributed by atoms with Gasteiger partial charge in [-0.2, -0.15) is 5.10 Å². The molecule has 2 aromatic heterocycles. The molecule has 0 amide bonds. The second kappa shape index (κ2) is 4.82. The number of hydrogen-bond donors (Lipinski definition) is 0. The van der Waals surface area contributed by atoms with Crippen LogP contribution in [-0.2, 0) is 13.1 Å². The first kappa shape index (κ1) is 11.4. The molecule has 0 saturated heterocycles. The monoisotopic (exact) mass is 234 g/mol. The highest BCUT2D eigenvalue weighted by Crippen LogP contribution is 2.04. The average molecular weight is 234 g/mol. The Bertz CT molecular complexity index is 545. The van der Waals surface area contributed by atoms with Crippen LogP contribution in [0.5, 0.6) is 6.01 Å². The Balaban J connectivity index is 2.23. The molecule has 0 saturated carbocycles. The van der Waals surface area contributed by atoms with Gasteiger partial charge in [0.15, 0.2) is 0 Å². The van der Waals surface area contributed by atoms with Gasteiger partial charge in [-0.05, 0) is 13.0 Å². The highest BCUT2D eigenvalue weighted by molar-refractivity contribution is 5.06. The van der Waals surface area contributed by atoms with E-state index in [2.05, 4.69) is 10.1 Å². The summed E-state index contributed by atoms with van der Waals surface area (Å²) < 4.78 is 8.35. The molecule has 0 aliphatic carbocycles. The van der Waals surface area contributed by atoms with Gasteiger partial charge in [0.2, 0.25) is 0 Å². The van der Waals surface area contributed by atoms with E-state index in [0.29, 0.717) is 24.8 Å². The fourth-order valence-corrected chi connectivity index (χ4v) is 1.59. The van der Waals surface area contributed by atoms with Crippen molar-refractivity contribution in [3.63, 3.8) is 0 Å². The van der Waals surface area contributed by atoms with Crippen molar-refractivity contribution in [2.45, 2.75) is 20.0 Å². The number of aryl methyl sites for hydroxylation is 2.